The van der Waals surface area contributed by atoms with E-state index in [1.54, 1.807) is 7.11 Å². The number of benzene rings is 1. The van der Waals surface area contributed by atoms with Crippen molar-refractivity contribution >= 4 is 5.78 Å². The summed E-state index contributed by atoms with van der Waals surface area (Å²) in [6.07, 6.45) is 3.49. The molecule has 2 aliphatic carbocycles. The van der Waals surface area contributed by atoms with Gasteiger partial charge in [-0.3, -0.25) is 4.79 Å². The third-order valence-corrected chi connectivity index (χ3v) is 5.87. The maximum atomic E-state index is 12.6. The molecule has 0 bridgehead atoms. The van der Waals surface area contributed by atoms with Gasteiger partial charge in [0.05, 0.1) is 7.11 Å². The highest BCUT2D eigenvalue weighted by Gasteiger charge is 2.50. The van der Waals surface area contributed by atoms with Crippen LogP contribution in [0.2, 0.25) is 0 Å². The van der Waals surface area contributed by atoms with Crippen LogP contribution in [0.4, 0.5) is 0 Å². The van der Waals surface area contributed by atoms with Gasteiger partial charge in [0.15, 0.2) is 0 Å². The van der Waals surface area contributed by atoms with Crippen LogP contribution in [0.1, 0.15) is 62.1 Å². The van der Waals surface area contributed by atoms with Crippen LogP contribution in [-0.4, -0.2) is 24.6 Å². The highest BCUT2D eigenvalue weighted by atomic mass is 16.9. The van der Waals surface area contributed by atoms with E-state index in [1.807, 2.05) is 12.1 Å². The van der Waals surface area contributed by atoms with Crippen molar-refractivity contribution in [2.45, 2.75) is 57.3 Å². The molecule has 6 heteroatoms. The van der Waals surface area contributed by atoms with Crippen LogP contribution < -0.4 is 4.74 Å². The Labute approximate surface area is 147 Å². The molecule has 6 nitrogen and oxygen atoms in total. The van der Waals surface area contributed by atoms with Crippen LogP contribution in [0, 0.1) is 16.0 Å². The highest BCUT2D eigenvalue weighted by Crippen LogP contribution is 2.52. The number of rotatable bonds is 5. The topological polar surface area (TPSA) is 78.7 Å². The highest BCUT2D eigenvalue weighted by molar-refractivity contribution is 5.84. The summed E-state index contributed by atoms with van der Waals surface area (Å²) in [6, 6.07) is 4.08. The first-order valence-electron chi connectivity index (χ1n) is 8.91. The fourth-order valence-electron chi connectivity index (χ4n) is 4.76. The van der Waals surface area contributed by atoms with Gasteiger partial charge in [-0.25, -0.2) is 0 Å². The zero-order valence-corrected chi connectivity index (χ0v) is 15.0. The molecule has 1 aromatic rings. The van der Waals surface area contributed by atoms with Crippen molar-refractivity contribution in [3.8, 4) is 5.75 Å². The van der Waals surface area contributed by atoms with E-state index in [-0.39, 0.29) is 18.3 Å². The first-order chi connectivity index (χ1) is 11.9. The second-order valence-electron chi connectivity index (χ2n) is 7.43. The predicted octanol–water partition coefficient (Wildman–Crippen LogP) is 3.58. The third kappa shape index (κ3) is 2.87. The number of Topliss-reactive ketones (excluding diaryl/α,β-unsaturated/α-hetero) is 1. The van der Waals surface area contributed by atoms with E-state index in [4.69, 9.17) is 9.57 Å². The molecule has 0 saturated heterocycles. The summed E-state index contributed by atoms with van der Waals surface area (Å²) in [6.45, 7) is 4.17. The second kappa shape index (κ2) is 6.65. The molecule has 0 unspecified atom stereocenters. The van der Waals surface area contributed by atoms with Crippen LogP contribution in [0.15, 0.2) is 12.1 Å². The Hall–Kier alpha value is -2.11. The minimum Gasteiger partial charge on any atom is -0.496 e. The van der Waals surface area contributed by atoms with Gasteiger partial charge in [0.25, 0.3) is 5.09 Å². The Morgan fingerprint density at radius 2 is 2.12 bits per heavy atom. The lowest BCUT2D eigenvalue weighted by Crippen LogP contribution is -2.50. The molecule has 0 aliphatic heterocycles. The molecule has 1 aromatic carbocycles. The van der Waals surface area contributed by atoms with Crippen LogP contribution in [0.3, 0.4) is 0 Å². The Morgan fingerprint density at radius 3 is 2.76 bits per heavy atom. The molecule has 25 heavy (non-hydrogen) atoms. The summed E-state index contributed by atoms with van der Waals surface area (Å²) >= 11 is 0. The standard InChI is InChI=1S/C19H25NO5/c1-12(2)13-6-8-15-14(18(13)24-3)7-9-16-17(21)5-4-10-19(15,16)11-25-20(22)23/h6,8,12,16H,4-5,7,9-11H2,1-3H3/t16-,19-/m0/s1. The molecule has 0 spiro atoms. The minimum absolute atomic E-state index is 0.0619. The van der Waals surface area contributed by atoms with Crippen molar-refractivity contribution in [1.82, 2.24) is 0 Å². The monoisotopic (exact) mass is 347 g/mol. The summed E-state index contributed by atoms with van der Waals surface area (Å²) in [5.74, 6) is 1.18. The number of methoxy groups -OCH3 is 1. The van der Waals surface area contributed by atoms with E-state index < -0.39 is 10.5 Å². The molecule has 0 radical (unpaired) electrons. The maximum absolute atomic E-state index is 12.6. The molecule has 0 N–H and O–H groups in total. The van der Waals surface area contributed by atoms with Gasteiger partial charge >= 0.3 is 0 Å². The number of nitrogens with zero attached hydrogens (tertiary/aromatic N) is 1. The van der Waals surface area contributed by atoms with Crippen molar-refractivity contribution in [2.75, 3.05) is 13.7 Å². The maximum Gasteiger partial charge on any atom is 0.294 e. The van der Waals surface area contributed by atoms with Crippen LogP contribution in [-0.2, 0) is 21.5 Å². The van der Waals surface area contributed by atoms with E-state index in [2.05, 4.69) is 13.8 Å². The normalized spacial score (nSPS) is 25.3. The van der Waals surface area contributed by atoms with Crippen molar-refractivity contribution in [2.24, 2.45) is 5.92 Å². The van der Waals surface area contributed by atoms with Gasteiger partial charge in [-0.1, -0.05) is 26.0 Å². The lowest BCUT2D eigenvalue weighted by Gasteiger charge is -2.47. The molecule has 2 atom stereocenters. The quantitative estimate of drug-likeness (QED) is 0.601. The number of hydrogen-bond donors (Lipinski definition) is 0. The molecule has 2 aliphatic rings. The van der Waals surface area contributed by atoms with Gasteiger partial charge in [0.1, 0.15) is 18.1 Å². The van der Waals surface area contributed by atoms with Crippen molar-refractivity contribution in [1.29, 1.82) is 0 Å². The number of carbonyl (C=O) groups excluding carboxylic acids is 1. The van der Waals surface area contributed by atoms with Crippen molar-refractivity contribution < 1.29 is 19.5 Å². The molecule has 136 valence electrons. The summed E-state index contributed by atoms with van der Waals surface area (Å²) in [7, 11) is 1.67. The second-order valence-corrected chi connectivity index (χ2v) is 7.43. The largest absolute Gasteiger partial charge is 0.496 e. The minimum atomic E-state index is -0.751. The van der Waals surface area contributed by atoms with Gasteiger partial charge in [-0.2, -0.15) is 0 Å². The van der Waals surface area contributed by atoms with Gasteiger partial charge < -0.3 is 9.57 Å². The smallest absolute Gasteiger partial charge is 0.294 e. The average molecular weight is 347 g/mol. The SMILES string of the molecule is COc1c(C(C)C)ccc2c1CC[C@H]1C(=O)CCC[C@]21CO[N+](=O)[O-]. The molecule has 1 fully saturated rings. The van der Waals surface area contributed by atoms with E-state index in [9.17, 15) is 14.9 Å². The fourth-order valence-corrected chi connectivity index (χ4v) is 4.76. The van der Waals surface area contributed by atoms with Crippen molar-refractivity contribution in [3.63, 3.8) is 0 Å². The Balaban J connectivity index is 2.15. The van der Waals surface area contributed by atoms with Crippen LogP contribution >= 0.6 is 0 Å². The van der Waals surface area contributed by atoms with E-state index in [0.29, 0.717) is 18.8 Å². The zero-order valence-electron chi connectivity index (χ0n) is 15.0. The molecule has 0 aromatic heterocycles. The van der Waals surface area contributed by atoms with E-state index >= 15 is 0 Å². The number of fused-ring (bicyclic) bond motifs is 3. The first-order valence-corrected chi connectivity index (χ1v) is 8.91. The van der Waals surface area contributed by atoms with Crippen LogP contribution in [0.25, 0.3) is 0 Å². The van der Waals surface area contributed by atoms with E-state index in [1.165, 1.54) is 0 Å². The fraction of sp³-hybridized carbons (Fsp3) is 0.632. The van der Waals surface area contributed by atoms with Gasteiger partial charge in [-0.05, 0) is 48.3 Å². The lowest BCUT2D eigenvalue weighted by atomic mass is 9.57. The molecular weight excluding hydrogens is 322 g/mol. The Bertz CT molecular complexity index is 699. The van der Waals surface area contributed by atoms with Gasteiger partial charge in [0.2, 0.25) is 0 Å². The predicted molar refractivity (Wildman–Crippen MR) is 92.4 cm³/mol. The molecular formula is C19H25NO5. The summed E-state index contributed by atoms with van der Waals surface area (Å²) in [5.41, 5.74) is 2.61. The number of ketones is 1. The summed E-state index contributed by atoms with van der Waals surface area (Å²) in [4.78, 5) is 28.2. The molecule has 0 amide bonds. The molecule has 1 saturated carbocycles. The first kappa shape index (κ1) is 17.7. The zero-order chi connectivity index (χ0) is 18.2. The van der Waals surface area contributed by atoms with E-state index in [0.717, 1.165) is 41.7 Å². The number of ether oxygens (including phenoxy) is 1. The number of hydrogen-bond acceptors (Lipinski definition) is 5. The number of carbonyl (C=O) groups is 1. The molecule has 0 heterocycles. The van der Waals surface area contributed by atoms with Crippen LogP contribution in [0.5, 0.6) is 5.75 Å². The summed E-state index contributed by atoms with van der Waals surface area (Å²) < 4.78 is 5.72. The summed E-state index contributed by atoms with van der Waals surface area (Å²) in [5, 5.41) is 10.1. The average Bonchev–Trinajstić information content (AvgIpc) is 2.58. The molecule has 3 rings (SSSR count). The van der Waals surface area contributed by atoms with Crippen molar-refractivity contribution in [3.05, 3.63) is 38.9 Å². The Morgan fingerprint density at radius 1 is 1.36 bits per heavy atom. The Kier molecular flexibility index (Phi) is 4.71. The lowest BCUT2D eigenvalue weighted by molar-refractivity contribution is -0.760. The van der Waals surface area contributed by atoms with Gasteiger partial charge in [-0.15, -0.1) is 10.1 Å². The van der Waals surface area contributed by atoms with Gasteiger partial charge in [0, 0.05) is 17.8 Å². The third-order valence-electron chi connectivity index (χ3n) is 5.87.